The molecule has 0 saturated carbocycles. The van der Waals surface area contributed by atoms with Crippen molar-refractivity contribution in [3.05, 3.63) is 198 Å². The van der Waals surface area contributed by atoms with Crippen LogP contribution in [0.2, 0.25) is 0 Å². The predicted molar refractivity (Wildman–Crippen MR) is 285 cm³/mol. The van der Waals surface area contributed by atoms with Gasteiger partial charge in [-0.2, -0.15) is 0 Å². The molecule has 69 heavy (non-hydrogen) atoms. The Balaban J connectivity index is 0.000000296. The van der Waals surface area contributed by atoms with Crippen molar-refractivity contribution in [3.8, 4) is 50.6 Å². The summed E-state index contributed by atoms with van der Waals surface area (Å²) in [5.74, 6) is 1.40. The number of benzene rings is 7. The SMILES string of the molecule is CC(C)(C)c1ccc(-c2[c-]cccc2)nc1.CC(C)c1cc(-c2ccccc2)cc(C(C)C)c1-n1c(-c2[c-]ccc3c2oc2cc4c(cc23)C(C)(C)C(C)(C)c2ccccc2-4)nc2ccccc21.[Ir]. The molecule has 0 saturated heterocycles. The number of nitrogens with zero attached hydrogens (tertiary/aromatic N) is 3. The van der Waals surface area contributed by atoms with E-state index >= 15 is 0 Å². The fourth-order valence-corrected chi connectivity index (χ4v) is 10.2. The van der Waals surface area contributed by atoms with E-state index in [-0.39, 0.29) is 48.2 Å². The molecule has 349 valence electrons. The molecule has 5 heteroatoms. The van der Waals surface area contributed by atoms with Gasteiger partial charge in [0.15, 0.2) is 0 Å². The molecule has 0 spiro atoms. The van der Waals surface area contributed by atoms with Crippen molar-refractivity contribution in [2.24, 2.45) is 0 Å². The van der Waals surface area contributed by atoms with Gasteiger partial charge in [0.1, 0.15) is 5.58 Å². The van der Waals surface area contributed by atoms with Gasteiger partial charge in [-0.05, 0) is 120 Å². The van der Waals surface area contributed by atoms with Gasteiger partial charge in [-0.3, -0.25) is 4.98 Å². The Bertz CT molecular complexity index is 3450. The zero-order chi connectivity index (χ0) is 47.7. The molecule has 0 aliphatic heterocycles. The molecule has 1 radical (unpaired) electrons. The molecule has 0 unspecified atom stereocenters. The van der Waals surface area contributed by atoms with Gasteiger partial charge in [-0.1, -0.05) is 166 Å². The van der Waals surface area contributed by atoms with E-state index in [0.717, 1.165) is 55.6 Å². The Morgan fingerprint density at radius 1 is 0.609 bits per heavy atom. The average Bonchev–Trinajstić information content (AvgIpc) is 3.91. The summed E-state index contributed by atoms with van der Waals surface area (Å²) in [6.45, 7) is 25.3. The van der Waals surface area contributed by atoms with Crippen LogP contribution < -0.4 is 0 Å². The van der Waals surface area contributed by atoms with Crippen LogP contribution in [0.25, 0.3) is 83.6 Å². The normalized spacial score (nSPS) is 13.8. The van der Waals surface area contributed by atoms with Crippen LogP contribution in [0.15, 0.2) is 162 Å². The van der Waals surface area contributed by atoms with Crippen LogP contribution in [0.4, 0.5) is 0 Å². The van der Waals surface area contributed by atoms with Crippen LogP contribution in [0, 0.1) is 12.1 Å². The quantitative estimate of drug-likeness (QED) is 0.156. The van der Waals surface area contributed by atoms with E-state index in [1.807, 2.05) is 36.5 Å². The largest absolute Gasteiger partial charge is 0.501 e. The third-order valence-corrected chi connectivity index (χ3v) is 14.8. The topological polar surface area (TPSA) is 43.9 Å². The molecular weight excluding hydrogens is 1020 g/mol. The van der Waals surface area contributed by atoms with Crippen LogP contribution in [0.3, 0.4) is 0 Å². The number of imidazole rings is 1. The average molecular weight is 1080 g/mol. The maximum Gasteiger partial charge on any atom is 0.121 e. The number of rotatable bonds is 6. The van der Waals surface area contributed by atoms with Crippen molar-refractivity contribution in [1.82, 2.24) is 14.5 Å². The van der Waals surface area contributed by atoms with Crippen molar-refractivity contribution in [2.45, 2.75) is 104 Å². The molecular formula is C64H61IrN3O-2. The summed E-state index contributed by atoms with van der Waals surface area (Å²) in [4.78, 5) is 9.87. The first-order chi connectivity index (χ1) is 32.5. The van der Waals surface area contributed by atoms with Crippen LogP contribution in [-0.2, 0) is 36.4 Å². The third kappa shape index (κ3) is 8.28. The van der Waals surface area contributed by atoms with E-state index in [9.17, 15) is 0 Å². The van der Waals surface area contributed by atoms with Gasteiger partial charge in [0.05, 0.1) is 22.4 Å². The van der Waals surface area contributed by atoms with Gasteiger partial charge in [-0.15, -0.1) is 54.1 Å². The predicted octanol–water partition coefficient (Wildman–Crippen LogP) is 17.4. The fourth-order valence-electron chi connectivity index (χ4n) is 10.2. The molecule has 3 heterocycles. The first-order valence-corrected chi connectivity index (χ1v) is 24.2. The number of para-hydroxylation sites is 2. The van der Waals surface area contributed by atoms with Crippen LogP contribution in [-0.4, -0.2) is 14.5 Å². The number of pyridine rings is 1. The van der Waals surface area contributed by atoms with Gasteiger partial charge >= 0.3 is 0 Å². The number of hydrogen-bond donors (Lipinski definition) is 0. The van der Waals surface area contributed by atoms with Crippen LogP contribution in [0.1, 0.15) is 116 Å². The molecule has 0 bridgehead atoms. The van der Waals surface area contributed by atoms with Gasteiger partial charge in [-0.25, -0.2) is 0 Å². The van der Waals surface area contributed by atoms with Crippen LogP contribution in [0.5, 0.6) is 0 Å². The number of fused-ring (bicyclic) bond motifs is 7. The minimum Gasteiger partial charge on any atom is -0.501 e. The van der Waals surface area contributed by atoms with E-state index in [4.69, 9.17) is 9.40 Å². The van der Waals surface area contributed by atoms with Gasteiger partial charge < -0.3 is 14.0 Å². The molecule has 0 amide bonds. The Labute approximate surface area is 422 Å². The van der Waals surface area contributed by atoms with E-state index in [1.54, 1.807) is 0 Å². The van der Waals surface area contributed by atoms with E-state index in [0.29, 0.717) is 0 Å². The Morgan fingerprint density at radius 3 is 1.94 bits per heavy atom. The summed E-state index contributed by atoms with van der Waals surface area (Å²) in [5.41, 5.74) is 19.4. The summed E-state index contributed by atoms with van der Waals surface area (Å²) in [7, 11) is 0. The Morgan fingerprint density at radius 2 is 1.28 bits per heavy atom. The molecule has 1 aliphatic carbocycles. The summed E-state index contributed by atoms with van der Waals surface area (Å²) < 4.78 is 9.36. The summed E-state index contributed by atoms with van der Waals surface area (Å²) in [6, 6.07) is 60.7. The van der Waals surface area contributed by atoms with Crippen molar-refractivity contribution in [1.29, 1.82) is 0 Å². The molecule has 3 aromatic heterocycles. The smallest absolute Gasteiger partial charge is 0.121 e. The molecule has 10 aromatic rings. The fraction of sp³-hybridized carbons (Fsp3) is 0.250. The summed E-state index contributed by atoms with van der Waals surface area (Å²) in [6.07, 6.45) is 1.95. The summed E-state index contributed by atoms with van der Waals surface area (Å²) >= 11 is 0. The molecule has 11 rings (SSSR count). The second-order valence-electron chi connectivity index (χ2n) is 21.3. The zero-order valence-electron chi connectivity index (χ0n) is 41.7. The Kier molecular flexibility index (Phi) is 12.6. The van der Waals surface area contributed by atoms with Crippen molar-refractivity contribution in [3.63, 3.8) is 0 Å². The first kappa shape index (κ1) is 47.7. The van der Waals surface area contributed by atoms with E-state index in [2.05, 4.69) is 219 Å². The molecule has 0 fully saturated rings. The summed E-state index contributed by atoms with van der Waals surface area (Å²) in [5, 5.41) is 2.22. The maximum absolute atomic E-state index is 6.97. The molecule has 4 nitrogen and oxygen atoms in total. The number of hydrogen-bond acceptors (Lipinski definition) is 3. The standard InChI is InChI=1S/C49H45N2O.C15H16N.Ir/c1-29(2)36-25-32(31-17-10-9-11-18-31)26-37(30(3)4)45(36)51-43-24-15-14-23-42(43)50-47(51)35-21-16-20-34-39-27-41-38(28-44(39)52-46(34)35)33-19-12-13-22-40(33)48(5,6)49(41,7)8;1-15(2,3)13-9-10-14(16-11-13)12-7-5-4-6-8-12;/h9-20,22-30H,1-8H3;4-7,9-11H,1-3H3;/q2*-1;. The van der Waals surface area contributed by atoms with E-state index in [1.165, 1.54) is 55.8 Å². The molecule has 1 aliphatic rings. The minimum absolute atomic E-state index is 0. The van der Waals surface area contributed by atoms with Crippen molar-refractivity contribution in [2.75, 3.05) is 0 Å². The van der Waals surface area contributed by atoms with Gasteiger partial charge in [0.2, 0.25) is 0 Å². The van der Waals surface area contributed by atoms with Crippen molar-refractivity contribution < 1.29 is 24.5 Å². The monoisotopic (exact) mass is 1080 g/mol. The Hall–Kier alpha value is -6.39. The van der Waals surface area contributed by atoms with Gasteiger partial charge in [0.25, 0.3) is 0 Å². The maximum atomic E-state index is 6.97. The van der Waals surface area contributed by atoms with Gasteiger partial charge in [0, 0.05) is 37.4 Å². The third-order valence-electron chi connectivity index (χ3n) is 14.8. The second-order valence-corrected chi connectivity index (χ2v) is 21.3. The first-order valence-electron chi connectivity index (χ1n) is 24.2. The second kappa shape index (κ2) is 18.2. The molecule has 0 N–H and O–H groups in total. The van der Waals surface area contributed by atoms with E-state index < -0.39 is 0 Å². The molecule has 0 atom stereocenters. The van der Waals surface area contributed by atoms with Crippen molar-refractivity contribution >= 4 is 33.0 Å². The molecule has 7 aromatic carbocycles. The number of aromatic nitrogens is 3. The zero-order valence-corrected chi connectivity index (χ0v) is 44.1. The number of furan rings is 1. The minimum atomic E-state index is -0.0986. The van der Waals surface area contributed by atoms with Crippen LogP contribution >= 0.6 is 0 Å².